The van der Waals surface area contributed by atoms with Crippen LogP contribution in [0.1, 0.15) is 52.1 Å². The van der Waals surface area contributed by atoms with Crippen LogP contribution in [0.2, 0.25) is 5.02 Å². The second-order valence-electron chi connectivity index (χ2n) is 6.93. The fourth-order valence-corrected chi connectivity index (χ4v) is 4.00. The summed E-state index contributed by atoms with van der Waals surface area (Å²) >= 11 is 7.48. The second kappa shape index (κ2) is 10.4. The molecular formula is C21H24ClN3O3S. The van der Waals surface area contributed by atoms with E-state index < -0.39 is 0 Å². The molecule has 0 saturated carbocycles. The fourth-order valence-electron chi connectivity index (χ4n) is 3.22. The van der Waals surface area contributed by atoms with Crippen LogP contribution in [0.4, 0.5) is 5.69 Å². The van der Waals surface area contributed by atoms with E-state index in [-0.39, 0.29) is 30.7 Å². The van der Waals surface area contributed by atoms with Crippen LogP contribution in [0, 0.1) is 0 Å². The molecule has 2 aromatic rings. The summed E-state index contributed by atoms with van der Waals surface area (Å²) in [5.74, 6) is -0.508. The molecule has 0 unspecified atom stereocenters. The maximum absolute atomic E-state index is 12.4. The van der Waals surface area contributed by atoms with Crippen molar-refractivity contribution in [3.05, 3.63) is 51.2 Å². The van der Waals surface area contributed by atoms with Crippen LogP contribution >= 0.6 is 22.9 Å². The number of nitrogens with one attached hydrogen (secondary N) is 2. The Bertz CT molecular complexity index is 862. The Morgan fingerprint density at radius 3 is 2.48 bits per heavy atom. The summed E-state index contributed by atoms with van der Waals surface area (Å²) in [5.41, 5.74) is 0.747. The lowest BCUT2D eigenvalue weighted by Crippen LogP contribution is -2.35. The monoisotopic (exact) mass is 433 g/mol. The summed E-state index contributed by atoms with van der Waals surface area (Å²) in [6.45, 7) is 1.88. The van der Waals surface area contributed by atoms with E-state index in [1.54, 1.807) is 30.3 Å². The second-order valence-corrected chi connectivity index (χ2v) is 8.28. The number of likely N-dealkylation sites (tertiary alicyclic amines) is 1. The number of carbonyl (C=O) groups excluding carboxylic acids is 3. The molecule has 1 saturated heterocycles. The largest absolute Gasteiger partial charge is 0.352 e. The highest BCUT2D eigenvalue weighted by Crippen LogP contribution is 2.24. The van der Waals surface area contributed by atoms with Crippen LogP contribution in [0.5, 0.6) is 0 Å². The van der Waals surface area contributed by atoms with E-state index in [0.29, 0.717) is 21.2 Å². The quantitative estimate of drug-likeness (QED) is 0.717. The van der Waals surface area contributed by atoms with E-state index in [2.05, 4.69) is 10.6 Å². The van der Waals surface area contributed by atoms with Crippen LogP contribution in [0.3, 0.4) is 0 Å². The minimum absolute atomic E-state index is 0.0761. The number of benzene rings is 1. The molecule has 0 aliphatic carbocycles. The van der Waals surface area contributed by atoms with Crippen molar-refractivity contribution in [2.45, 2.75) is 32.1 Å². The summed E-state index contributed by atoms with van der Waals surface area (Å²) in [4.78, 5) is 39.4. The average Bonchev–Trinajstić information content (AvgIpc) is 3.12. The Kier molecular flexibility index (Phi) is 7.66. The van der Waals surface area contributed by atoms with Gasteiger partial charge in [0.25, 0.3) is 11.8 Å². The molecule has 154 valence electrons. The molecule has 2 heterocycles. The number of rotatable bonds is 6. The van der Waals surface area contributed by atoms with Gasteiger partial charge in [-0.15, -0.1) is 11.3 Å². The maximum Gasteiger partial charge on any atom is 0.265 e. The summed E-state index contributed by atoms with van der Waals surface area (Å²) in [7, 11) is 0. The molecule has 3 amide bonds. The van der Waals surface area contributed by atoms with Crippen molar-refractivity contribution in [2.75, 3.05) is 25.0 Å². The molecule has 0 atom stereocenters. The Hall–Kier alpha value is -2.38. The molecule has 3 rings (SSSR count). The molecule has 29 heavy (non-hydrogen) atoms. The Morgan fingerprint density at radius 2 is 1.79 bits per heavy atom. The van der Waals surface area contributed by atoms with Crippen LogP contribution in [0.25, 0.3) is 0 Å². The van der Waals surface area contributed by atoms with Gasteiger partial charge < -0.3 is 15.5 Å². The molecule has 1 aromatic heterocycles. The number of thiophene rings is 1. The highest BCUT2D eigenvalue weighted by Gasteiger charge is 2.16. The van der Waals surface area contributed by atoms with Crippen molar-refractivity contribution in [1.82, 2.24) is 10.2 Å². The van der Waals surface area contributed by atoms with Crippen molar-refractivity contribution in [2.24, 2.45) is 0 Å². The van der Waals surface area contributed by atoms with Gasteiger partial charge in [0.2, 0.25) is 5.91 Å². The zero-order valence-electron chi connectivity index (χ0n) is 16.1. The molecule has 1 fully saturated rings. The highest BCUT2D eigenvalue weighted by molar-refractivity contribution is 7.12. The highest BCUT2D eigenvalue weighted by atomic mass is 35.5. The van der Waals surface area contributed by atoms with Crippen LogP contribution < -0.4 is 10.6 Å². The Balaban J connectivity index is 1.53. The number of halogens is 1. The molecule has 2 N–H and O–H groups in total. The predicted molar refractivity (Wildman–Crippen MR) is 116 cm³/mol. The smallest absolute Gasteiger partial charge is 0.265 e. The fraction of sp³-hybridized carbons (Fsp3) is 0.381. The van der Waals surface area contributed by atoms with Gasteiger partial charge in [0, 0.05) is 31.6 Å². The SMILES string of the molecule is O=C(NCCC(=O)N1CCCCCC1)c1ccc(Cl)c(NC(=O)c2cccs2)c1. The standard InChI is InChI=1S/C21H24ClN3O3S/c22-16-8-7-15(14-17(16)24-21(28)18-6-5-13-29-18)20(27)23-10-9-19(26)25-11-3-1-2-4-12-25/h5-8,13-14H,1-4,9-12H2,(H,23,27)(H,24,28). The van der Waals surface area contributed by atoms with Crippen molar-refractivity contribution >= 4 is 46.3 Å². The van der Waals surface area contributed by atoms with E-state index in [0.717, 1.165) is 25.9 Å². The lowest BCUT2D eigenvalue weighted by molar-refractivity contribution is -0.131. The number of hydrogen-bond acceptors (Lipinski definition) is 4. The molecule has 0 bridgehead atoms. The molecule has 8 heteroatoms. The minimum Gasteiger partial charge on any atom is -0.352 e. The molecule has 0 spiro atoms. The third-order valence-corrected chi connectivity index (χ3v) is 6.00. The lowest BCUT2D eigenvalue weighted by Gasteiger charge is -2.20. The zero-order chi connectivity index (χ0) is 20.6. The van der Waals surface area contributed by atoms with Gasteiger partial charge in [0.05, 0.1) is 15.6 Å². The first-order valence-electron chi connectivity index (χ1n) is 9.75. The summed E-state index contributed by atoms with van der Waals surface area (Å²) in [6, 6.07) is 8.21. The lowest BCUT2D eigenvalue weighted by atomic mass is 10.1. The van der Waals surface area contributed by atoms with Crippen molar-refractivity contribution in [3.8, 4) is 0 Å². The number of anilines is 1. The van der Waals surface area contributed by atoms with Gasteiger partial charge in [-0.3, -0.25) is 14.4 Å². The minimum atomic E-state index is -0.308. The first-order chi connectivity index (χ1) is 14.0. The number of hydrogen-bond donors (Lipinski definition) is 2. The third-order valence-electron chi connectivity index (χ3n) is 4.80. The number of nitrogens with zero attached hydrogens (tertiary/aromatic N) is 1. The van der Waals surface area contributed by atoms with Gasteiger partial charge in [-0.2, -0.15) is 0 Å². The van der Waals surface area contributed by atoms with E-state index in [9.17, 15) is 14.4 Å². The molecule has 1 aromatic carbocycles. The van der Waals surface area contributed by atoms with Gasteiger partial charge >= 0.3 is 0 Å². The first-order valence-corrected chi connectivity index (χ1v) is 11.0. The van der Waals surface area contributed by atoms with Crippen molar-refractivity contribution < 1.29 is 14.4 Å². The van der Waals surface area contributed by atoms with Gasteiger partial charge in [-0.05, 0) is 42.5 Å². The molecular weight excluding hydrogens is 410 g/mol. The Labute approximate surface area is 179 Å². The Morgan fingerprint density at radius 1 is 1.03 bits per heavy atom. The van der Waals surface area contributed by atoms with Gasteiger partial charge in [0.15, 0.2) is 0 Å². The van der Waals surface area contributed by atoms with E-state index in [1.807, 2.05) is 10.3 Å². The van der Waals surface area contributed by atoms with Crippen LogP contribution in [0.15, 0.2) is 35.7 Å². The summed E-state index contributed by atoms with van der Waals surface area (Å²) < 4.78 is 0. The van der Waals surface area contributed by atoms with Crippen molar-refractivity contribution in [1.29, 1.82) is 0 Å². The maximum atomic E-state index is 12.4. The molecule has 1 aliphatic rings. The van der Waals surface area contributed by atoms with Crippen LogP contribution in [-0.4, -0.2) is 42.3 Å². The average molecular weight is 434 g/mol. The topological polar surface area (TPSA) is 78.5 Å². The predicted octanol–water partition coefficient (Wildman–Crippen LogP) is 4.18. The third kappa shape index (κ3) is 6.05. The number of carbonyl (C=O) groups is 3. The van der Waals surface area contributed by atoms with Gasteiger partial charge in [0.1, 0.15) is 0 Å². The molecule has 6 nitrogen and oxygen atoms in total. The molecule has 1 aliphatic heterocycles. The zero-order valence-corrected chi connectivity index (χ0v) is 17.7. The van der Waals surface area contributed by atoms with Gasteiger partial charge in [-0.25, -0.2) is 0 Å². The van der Waals surface area contributed by atoms with E-state index in [4.69, 9.17) is 11.6 Å². The molecule has 0 radical (unpaired) electrons. The summed E-state index contributed by atoms with van der Waals surface area (Å²) in [6.07, 6.45) is 4.71. The van der Waals surface area contributed by atoms with E-state index in [1.165, 1.54) is 24.2 Å². The first kappa shape index (κ1) is 21.3. The van der Waals surface area contributed by atoms with Crippen molar-refractivity contribution in [3.63, 3.8) is 0 Å². The van der Waals surface area contributed by atoms with Crippen LogP contribution in [-0.2, 0) is 4.79 Å². The van der Waals surface area contributed by atoms with E-state index >= 15 is 0 Å². The van der Waals surface area contributed by atoms with Gasteiger partial charge in [-0.1, -0.05) is 30.5 Å². The normalized spacial score (nSPS) is 14.2. The summed E-state index contributed by atoms with van der Waals surface area (Å²) in [5, 5.41) is 7.66. The number of amides is 3.